The summed E-state index contributed by atoms with van der Waals surface area (Å²) in [5, 5.41) is 0. The Morgan fingerprint density at radius 3 is 1.69 bits per heavy atom. The Labute approximate surface area is 104 Å². The van der Waals surface area contributed by atoms with Crippen molar-refractivity contribution in [1.82, 2.24) is 0 Å². The van der Waals surface area contributed by atoms with Crippen molar-refractivity contribution in [3.05, 3.63) is 0 Å². The summed E-state index contributed by atoms with van der Waals surface area (Å²) in [4.78, 5) is 0. The van der Waals surface area contributed by atoms with Crippen LogP contribution in [0, 0.1) is 29.6 Å². The molecule has 0 heteroatoms. The van der Waals surface area contributed by atoms with Crippen molar-refractivity contribution >= 4 is 0 Å². The van der Waals surface area contributed by atoms with Gasteiger partial charge in [-0.2, -0.15) is 0 Å². The Morgan fingerprint density at radius 2 is 1.31 bits per heavy atom. The van der Waals surface area contributed by atoms with Gasteiger partial charge in [0.25, 0.3) is 0 Å². The highest BCUT2D eigenvalue weighted by molar-refractivity contribution is 4.70. The lowest BCUT2D eigenvalue weighted by Gasteiger charge is -2.28. The van der Waals surface area contributed by atoms with E-state index in [9.17, 15) is 0 Å². The lowest BCUT2D eigenvalue weighted by molar-refractivity contribution is 0.225. The van der Waals surface area contributed by atoms with Crippen LogP contribution >= 0.6 is 0 Å². The smallest absolute Gasteiger partial charge is 0.0394 e. The maximum Gasteiger partial charge on any atom is -0.0394 e. The van der Waals surface area contributed by atoms with E-state index in [4.69, 9.17) is 0 Å². The van der Waals surface area contributed by atoms with Gasteiger partial charge in [0.1, 0.15) is 0 Å². The lowest BCUT2D eigenvalue weighted by atomic mass is 9.78. The van der Waals surface area contributed by atoms with E-state index < -0.39 is 0 Å². The van der Waals surface area contributed by atoms with Gasteiger partial charge in [-0.3, -0.25) is 0 Å². The molecular weight excluding hydrogens is 192 g/mol. The quantitative estimate of drug-likeness (QED) is 0.493. The van der Waals surface area contributed by atoms with E-state index in [0.29, 0.717) is 0 Å². The summed E-state index contributed by atoms with van der Waals surface area (Å²) >= 11 is 0. The van der Waals surface area contributed by atoms with E-state index in [1.807, 2.05) is 0 Å². The van der Waals surface area contributed by atoms with Gasteiger partial charge in [-0.15, -0.1) is 0 Å². The first-order chi connectivity index (χ1) is 7.42. The second kappa shape index (κ2) is 8.14. The molecule has 0 saturated carbocycles. The van der Waals surface area contributed by atoms with Crippen LogP contribution in [-0.4, -0.2) is 0 Å². The molecule has 98 valence electrons. The van der Waals surface area contributed by atoms with Crippen molar-refractivity contribution < 1.29 is 0 Å². The second-order valence-corrected chi connectivity index (χ2v) is 6.34. The van der Waals surface area contributed by atoms with Gasteiger partial charge < -0.3 is 0 Å². The molecule has 0 aliphatic rings. The zero-order valence-electron chi connectivity index (χ0n) is 12.7. The van der Waals surface area contributed by atoms with Crippen LogP contribution in [0.2, 0.25) is 0 Å². The van der Waals surface area contributed by atoms with Gasteiger partial charge in [-0.1, -0.05) is 61.3 Å². The Kier molecular flexibility index (Phi) is 8.14. The molecule has 0 radical (unpaired) electrons. The minimum Gasteiger partial charge on any atom is -0.0651 e. The molecule has 0 rings (SSSR count). The third kappa shape index (κ3) is 5.92. The largest absolute Gasteiger partial charge is 0.0651 e. The molecule has 0 bridgehead atoms. The maximum absolute atomic E-state index is 2.45. The van der Waals surface area contributed by atoms with Crippen LogP contribution in [0.15, 0.2) is 0 Å². The van der Waals surface area contributed by atoms with Crippen molar-refractivity contribution in [3.8, 4) is 0 Å². The van der Waals surface area contributed by atoms with E-state index >= 15 is 0 Å². The summed E-state index contributed by atoms with van der Waals surface area (Å²) in [6, 6.07) is 0. The fourth-order valence-electron chi connectivity index (χ4n) is 2.56. The molecule has 0 aliphatic carbocycles. The minimum absolute atomic E-state index is 0.830. The topological polar surface area (TPSA) is 0 Å². The first-order valence-electron chi connectivity index (χ1n) is 7.42. The third-order valence-electron chi connectivity index (χ3n) is 4.66. The first-order valence-corrected chi connectivity index (χ1v) is 7.42. The molecule has 0 spiro atoms. The molecular formula is C16H34. The van der Waals surface area contributed by atoms with E-state index in [2.05, 4.69) is 48.5 Å². The molecule has 0 heterocycles. The van der Waals surface area contributed by atoms with Crippen LogP contribution in [0.3, 0.4) is 0 Å². The second-order valence-electron chi connectivity index (χ2n) is 6.34. The van der Waals surface area contributed by atoms with Gasteiger partial charge in [-0.05, 0) is 42.4 Å². The van der Waals surface area contributed by atoms with Crippen molar-refractivity contribution in [3.63, 3.8) is 0 Å². The Balaban J connectivity index is 4.10. The molecule has 16 heavy (non-hydrogen) atoms. The fourth-order valence-corrected chi connectivity index (χ4v) is 2.56. The van der Waals surface area contributed by atoms with Crippen LogP contribution in [0.4, 0.5) is 0 Å². The summed E-state index contributed by atoms with van der Waals surface area (Å²) in [6.07, 6.45) is 5.56. The summed E-state index contributed by atoms with van der Waals surface area (Å²) < 4.78 is 0. The number of hydrogen-bond acceptors (Lipinski definition) is 0. The SMILES string of the molecule is CCC(C)CC(CC)CC(C)C(C)C(C)C. The van der Waals surface area contributed by atoms with Gasteiger partial charge >= 0.3 is 0 Å². The summed E-state index contributed by atoms with van der Waals surface area (Å²) in [6.45, 7) is 16.7. The summed E-state index contributed by atoms with van der Waals surface area (Å²) in [7, 11) is 0. The van der Waals surface area contributed by atoms with E-state index in [1.54, 1.807) is 0 Å². The molecule has 0 amide bonds. The normalized spacial score (nSPS) is 19.5. The van der Waals surface area contributed by atoms with E-state index in [0.717, 1.165) is 29.6 Å². The van der Waals surface area contributed by atoms with E-state index in [1.165, 1.54) is 25.7 Å². The molecule has 4 atom stereocenters. The zero-order chi connectivity index (χ0) is 12.7. The first kappa shape index (κ1) is 16.0. The molecule has 0 aromatic heterocycles. The molecule has 4 unspecified atom stereocenters. The van der Waals surface area contributed by atoms with Gasteiger partial charge in [-0.25, -0.2) is 0 Å². The average Bonchev–Trinajstić information content (AvgIpc) is 2.26. The molecule has 0 nitrogen and oxygen atoms in total. The summed E-state index contributed by atoms with van der Waals surface area (Å²) in [5.41, 5.74) is 0. The van der Waals surface area contributed by atoms with Crippen molar-refractivity contribution in [1.29, 1.82) is 0 Å². The molecule has 0 saturated heterocycles. The summed E-state index contributed by atoms with van der Waals surface area (Å²) in [5.74, 6) is 4.44. The van der Waals surface area contributed by atoms with Crippen LogP contribution in [0.1, 0.15) is 74.1 Å². The van der Waals surface area contributed by atoms with Crippen LogP contribution in [0.25, 0.3) is 0 Å². The van der Waals surface area contributed by atoms with Crippen LogP contribution in [-0.2, 0) is 0 Å². The molecule has 0 aromatic rings. The Bertz CT molecular complexity index is 159. The molecule has 0 aromatic carbocycles. The lowest BCUT2D eigenvalue weighted by Crippen LogP contribution is -2.18. The fraction of sp³-hybridized carbons (Fsp3) is 1.00. The van der Waals surface area contributed by atoms with Gasteiger partial charge in [0, 0.05) is 0 Å². The van der Waals surface area contributed by atoms with Crippen LogP contribution < -0.4 is 0 Å². The van der Waals surface area contributed by atoms with Crippen LogP contribution in [0.5, 0.6) is 0 Å². The molecule has 0 N–H and O–H groups in total. The molecule has 0 fully saturated rings. The van der Waals surface area contributed by atoms with E-state index in [-0.39, 0.29) is 0 Å². The van der Waals surface area contributed by atoms with Crippen molar-refractivity contribution in [2.24, 2.45) is 29.6 Å². The molecule has 0 aliphatic heterocycles. The predicted octanol–water partition coefficient (Wildman–Crippen LogP) is 5.77. The van der Waals surface area contributed by atoms with Gasteiger partial charge in [0.15, 0.2) is 0 Å². The average molecular weight is 226 g/mol. The highest BCUT2D eigenvalue weighted by atomic mass is 14.3. The third-order valence-corrected chi connectivity index (χ3v) is 4.66. The predicted molar refractivity (Wildman–Crippen MR) is 75.6 cm³/mol. The number of hydrogen-bond donors (Lipinski definition) is 0. The van der Waals surface area contributed by atoms with Crippen molar-refractivity contribution in [2.45, 2.75) is 74.1 Å². The Hall–Kier alpha value is 0. The zero-order valence-corrected chi connectivity index (χ0v) is 12.7. The van der Waals surface area contributed by atoms with Gasteiger partial charge in [0.2, 0.25) is 0 Å². The monoisotopic (exact) mass is 226 g/mol. The highest BCUT2D eigenvalue weighted by Gasteiger charge is 2.20. The van der Waals surface area contributed by atoms with Crippen molar-refractivity contribution in [2.75, 3.05) is 0 Å². The number of rotatable bonds is 8. The standard InChI is InChI=1S/C16H34/c1-8-13(5)10-16(9-2)11-14(6)15(7)12(3)4/h12-16H,8-11H2,1-7H3. The Morgan fingerprint density at radius 1 is 0.750 bits per heavy atom. The minimum atomic E-state index is 0.830. The highest BCUT2D eigenvalue weighted by Crippen LogP contribution is 2.30. The maximum atomic E-state index is 2.45. The van der Waals surface area contributed by atoms with Gasteiger partial charge in [0.05, 0.1) is 0 Å².